The minimum atomic E-state index is -4.61. The van der Waals surface area contributed by atoms with Gasteiger partial charge in [0.15, 0.2) is 5.78 Å². The zero-order valence-corrected chi connectivity index (χ0v) is 11.6. The van der Waals surface area contributed by atoms with Crippen molar-refractivity contribution in [2.24, 2.45) is 0 Å². The average molecular weight is 319 g/mol. The Kier molecular flexibility index (Phi) is 4.64. The largest absolute Gasteiger partial charge is 0.545 e. The molecular formula is C17H10F3O3-. The van der Waals surface area contributed by atoms with Gasteiger partial charge in [0, 0.05) is 5.56 Å². The topological polar surface area (TPSA) is 57.2 Å². The number of hydrogen-bond acceptors (Lipinski definition) is 3. The number of carboxylic acid groups (broad SMARTS) is 1. The molecule has 0 amide bonds. The Morgan fingerprint density at radius 1 is 0.957 bits per heavy atom. The molecule has 0 spiro atoms. The van der Waals surface area contributed by atoms with Crippen molar-refractivity contribution in [2.75, 3.05) is 0 Å². The fourth-order valence-electron chi connectivity index (χ4n) is 1.94. The molecule has 0 fully saturated rings. The van der Waals surface area contributed by atoms with Gasteiger partial charge in [0.1, 0.15) is 0 Å². The maximum absolute atomic E-state index is 12.9. The number of hydrogen-bond donors (Lipinski definition) is 0. The van der Waals surface area contributed by atoms with Crippen molar-refractivity contribution in [3.05, 3.63) is 76.9 Å². The Balaban J connectivity index is 2.24. The van der Waals surface area contributed by atoms with E-state index in [1.54, 1.807) is 0 Å². The van der Waals surface area contributed by atoms with E-state index in [2.05, 4.69) is 0 Å². The van der Waals surface area contributed by atoms with E-state index in [1.807, 2.05) is 0 Å². The summed E-state index contributed by atoms with van der Waals surface area (Å²) in [4.78, 5) is 22.6. The fraction of sp³-hybridized carbons (Fsp3) is 0.0588. The number of carbonyl (C=O) groups is 2. The van der Waals surface area contributed by atoms with Crippen LogP contribution < -0.4 is 5.11 Å². The summed E-state index contributed by atoms with van der Waals surface area (Å²) in [7, 11) is 0. The van der Waals surface area contributed by atoms with Crippen molar-refractivity contribution < 1.29 is 27.9 Å². The van der Waals surface area contributed by atoms with E-state index < -0.39 is 29.1 Å². The van der Waals surface area contributed by atoms with Crippen molar-refractivity contribution in [1.82, 2.24) is 0 Å². The summed E-state index contributed by atoms with van der Waals surface area (Å²) in [6, 6.07) is 9.92. The van der Waals surface area contributed by atoms with Crippen LogP contribution in [0.2, 0.25) is 0 Å². The zero-order chi connectivity index (χ0) is 17.0. The highest BCUT2D eigenvalue weighted by atomic mass is 19.4. The van der Waals surface area contributed by atoms with Gasteiger partial charge in [-0.1, -0.05) is 48.5 Å². The highest BCUT2D eigenvalue weighted by Gasteiger charge is 2.34. The molecule has 3 nitrogen and oxygen atoms in total. The Morgan fingerprint density at radius 2 is 1.57 bits per heavy atom. The van der Waals surface area contributed by atoms with E-state index in [4.69, 9.17) is 0 Å². The van der Waals surface area contributed by atoms with Crippen molar-refractivity contribution >= 4 is 17.8 Å². The number of carbonyl (C=O) groups excluding carboxylic acids is 2. The van der Waals surface area contributed by atoms with Crippen LogP contribution in [0.4, 0.5) is 13.2 Å². The molecule has 0 atom stereocenters. The molecular weight excluding hydrogens is 309 g/mol. The standard InChI is InChI=1S/C17H11F3O3/c18-17(19,20)14-4-2-1-3-13(14)15(21)10-7-11-5-8-12(9-6-11)16(22)23/h1-10H,(H,22,23)/p-1/b10-7+. The first-order valence-corrected chi connectivity index (χ1v) is 6.49. The summed E-state index contributed by atoms with van der Waals surface area (Å²) < 4.78 is 38.6. The van der Waals surface area contributed by atoms with Crippen LogP contribution in [-0.4, -0.2) is 11.8 Å². The summed E-state index contributed by atoms with van der Waals surface area (Å²) >= 11 is 0. The lowest BCUT2D eigenvalue weighted by molar-refractivity contribution is -0.255. The van der Waals surface area contributed by atoms with E-state index >= 15 is 0 Å². The van der Waals surface area contributed by atoms with E-state index in [9.17, 15) is 27.9 Å². The van der Waals surface area contributed by atoms with Crippen LogP contribution in [0.3, 0.4) is 0 Å². The molecule has 0 aliphatic carbocycles. The maximum Gasteiger partial charge on any atom is 0.417 e. The second kappa shape index (κ2) is 6.48. The molecule has 118 valence electrons. The molecule has 2 aromatic carbocycles. The minimum Gasteiger partial charge on any atom is -0.545 e. The molecule has 0 bridgehead atoms. The summed E-state index contributed by atoms with van der Waals surface area (Å²) in [5.74, 6) is -2.13. The van der Waals surface area contributed by atoms with Gasteiger partial charge < -0.3 is 9.90 Å². The molecule has 0 unspecified atom stereocenters. The number of ketones is 1. The highest BCUT2D eigenvalue weighted by molar-refractivity contribution is 6.07. The Hall–Kier alpha value is -2.89. The van der Waals surface area contributed by atoms with Crippen molar-refractivity contribution in [3.63, 3.8) is 0 Å². The van der Waals surface area contributed by atoms with Gasteiger partial charge >= 0.3 is 6.18 Å². The number of aromatic carboxylic acids is 1. The van der Waals surface area contributed by atoms with Gasteiger partial charge in [-0.3, -0.25) is 4.79 Å². The third-order valence-corrected chi connectivity index (χ3v) is 3.07. The molecule has 0 saturated heterocycles. The van der Waals surface area contributed by atoms with Crippen LogP contribution in [0.5, 0.6) is 0 Å². The van der Waals surface area contributed by atoms with Gasteiger partial charge in [0.25, 0.3) is 0 Å². The van der Waals surface area contributed by atoms with Gasteiger partial charge in [0.05, 0.1) is 11.5 Å². The van der Waals surface area contributed by atoms with Crippen molar-refractivity contribution in [1.29, 1.82) is 0 Å². The first-order valence-electron chi connectivity index (χ1n) is 6.49. The molecule has 0 radical (unpaired) electrons. The van der Waals surface area contributed by atoms with Gasteiger partial charge in [-0.2, -0.15) is 13.2 Å². The SMILES string of the molecule is O=C([O-])c1ccc(/C=C/C(=O)c2ccccc2C(F)(F)F)cc1. The molecule has 0 heterocycles. The lowest BCUT2D eigenvalue weighted by Crippen LogP contribution is -2.21. The van der Waals surface area contributed by atoms with Crippen LogP contribution in [-0.2, 0) is 6.18 Å². The van der Waals surface area contributed by atoms with Crippen LogP contribution in [0, 0.1) is 0 Å². The second-order valence-corrected chi connectivity index (χ2v) is 4.65. The predicted octanol–water partition coefficient (Wildman–Crippen LogP) is 2.97. The smallest absolute Gasteiger partial charge is 0.417 e. The Bertz CT molecular complexity index is 759. The lowest BCUT2D eigenvalue weighted by atomic mass is 10.0. The molecule has 2 rings (SSSR count). The monoisotopic (exact) mass is 319 g/mol. The average Bonchev–Trinajstić information content (AvgIpc) is 2.52. The molecule has 23 heavy (non-hydrogen) atoms. The quantitative estimate of drug-likeness (QED) is 0.643. The molecule has 0 aliphatic heterocycles. The zero-order valence-electron chi connectivity index (χ0n) is 11.6. The predicted molar refractivity (Wildman–Crippen MR) is 75.6 cm³/mol. The molecule has 2 aromatic rings. The Morgan fingerprint density at radius 3 is 2.13 bits per heavy atom. The highest BCUT2D eigenvalue weighted by Crippen LogP contribution is 2.32. The molecule has 0 aliphatic rings. The van der Waals surface area contributed by atoms with Crippen LogP contribution in [0.25, 0.3) is 6.08 Å². The Labute approximate surface area is 129 Å². The minimum absolute atomic E-state index is 0.0316. The van der Waals surface area contributed by atoms with E-state index in [1.165, 1.54) is 42.5 Å². The summed E-state index contributed by atoms with van der Waals surface area (Å²) in [6.45, 7) is 0. The van der Waals surface area contributed by atoms with Crippen LogP contribution in [0.15, 0.2) is 54.6 Å². The van der Waals surface area contributed by atoms with Gasteiger partial charge in [-0.15, -0.1) is 0 Å². The summed E-state index contributed by atoms with van der Waals surface area (Å²) in [5, 5.41) is 10.6. The van der Waals surface area contributed by atoms with Gasteiger partial charge in [-0.25, -0.2) is 0 Å². The number of carboxylic acids is 1. The first kappa shape index (κ1) is 16.5. The van der Waals surface area contributed by atoms with E-state index in [0.717, 1.165) is 18.2 Å². The third-order valence-electron chi connectivity index (χ3n) is 3.07. The lowest BCUT2D eigenvalue weighted by Gasteiger charge is -2.10. The molecule has 0 saturated carbocycles. The van der Waals surface area contributed by atoms with E-state index in [0.29, 0.717) is 5.56 Å². The molecule has 0 aromatic heterocycles. The number of halogens is 3. The summed E-state index contributed by atoms with van der Waals surface area (Å²) in [6.07, 6.45) is -2.29. The van der Waals surface area contributed by atoms with Gasteiger partial charge in [-0.05, 0) is 23.3 Å². The number of alkyl halides is 3. The first-order chi connectivity index (χ1) is 10.8. The summed E-state index contributed by atoms with van der Waals surface area (Å²) in [5.41, 5.74) is -0.992. The van der Waals surface area contributed by atoms with Crippen LogP contribution >= 0.6 is 0 Å². The normalized spacial score (nSPS) is 11.6. The fourth-order valence-corrected chi connectivity index (χ4v) is 1.94. The number of benzene rings is 2. The number of rotatable bonds is 4. The third kappa shape index (κ3) is 4.06. The molecule has 0 N–H and O–H groups in total. The van der Waals surface area contributed by atoms with Gasteiger partial charge in [0.2, 0.25) is 0 Å². The van der Waals surface area contributed by atoms with Crippen molar-refractivity contribution in [2.45, 2.75) is 6.18 Å². The van der Waals surface area contributed by atoms with Crippen molar-refractivity contribution in [3.8, 4) is 0 Å². The molecule has 6 heteroatoms. The maximum atomic E-state index is 12.9. The second-order valence-electron chi connectivity index (χ2n) is 4.65. The number of allylic oxidation sites excluding steroid dienone is 1. The van der Waals surface area contributed by atoms with Crippen LogP contribution in [0.1, 0.15) is 31.8 Å². The van der Waals surface area contributed by atoms with E-state index in [-0.39, 0.29) is 5.56 Å².